The fourth-order valence-electron chi connectivity index (χ4n) is 4.89. The molecule has 0 spiro atoms. The second-order valence-corrected chi connectivity index (χ2v) is 12.8. The van der Waals surface area contributed by atoms with Crippen LogP contribution in [-0.4, -0.2) is 59.6 Å². The molecule has 1 aliphatic rings. The number of hydrogen-bond donors (Lipinski definition) is 1. The highest BCUT2D eigenvalue weighted by Crippen LogP contribution is 2.51. The molecule has 1 saturated carbocycles. The van der Waals surface area contributed by atoms with Crippen LogP contribution in [0.5, 0.6) is 0 Å². The number of pyridine rings is 1. The second-order valence-electron chi connectivity index (χ2n) is 11.1. The van der Waals surface area contributed by atoms with Crippen molar-refractivity contribution in [3.8, 4) is 5.82 Å². The minimum absolute atomic E-state index is 0.00922. The van der Waals surface area contributed by atoms with Gasteiger partial charge in [-0.25, -0.2) is 14.3 Å². The number of Topliss-reactive ketones (excluding diaryl/α,β-unsaturated/α-hetero) is 1. The van der Waals surface area contributed by atoms with Gasteiger partial charge in [0.05, 0.1) is 23.5 Å². The average molecular weight is 798 g/mol. The highest BCUT2D eigenvalue weighted by atomic mass is 127. The van der Waals surface area contributed by atoms with Crippen LogP contribution in [0.4, 0.5) is 30.7 Å². The van der Waals surface area contributed by atoms with E-state index in [1.54, 1.807) is 13.0 Å². The summed E-state index contributed by atoms with van der Waals surface area (Å²) in [4.78, 5) is 31.4. The molecule has 1 aromatic carbocycles. The Kier molecular flexibility index (Phi) is 9.44. The predicted molar refractivity (Wildman–Crippen MR) is 162 cm³/mol. The average Bonchev–Trinajstić information content (AvgIpc) is 3.59. The summed E-state index contributed by atoms with van der Waals surface area (Å²) in [6.45, 7) is 3.11. The molecule has 1 amide bonds. The van der Waals surface area contributed by atoms with E-state index in [0.29, 0.717) is 27.3 Å². The molecule has 4 aromatic rings. The van der Waals surface area contributed by atoms with Crippen molar-refractivity contribution in [2.24, 2.45) is 5.92 Å². The minimum Gasteiger partial charge on any atom is -0.349 e. The summed E-state index contributed by atoms with van der Waals surface area (Å²) < 4.78 is 96.0. The quantitative estimate of drug-likeness (QED) is 0.103. The Hall–Kier alpha value is -3.61. The van der Waals surface area contributed by atoms with Crippen molar-refractivity contribution < 1.29 is 40.3 Å². The molecule has 1 fully saturated rings. The van der Waals surface area contributed by atoms with Gasteiger partial charge in [0.1, 0.15) is 5.69 Å². The van der Waals surface area contributed by atoms with Crippen molar-refractivity contribution in [1.29, 1.82) is 0 Å². The van der Waals surface area contributed by atoms with Crippen molar-refractivity contribution in [2.45, 2.75) is 63.7 Å². The molecular formula is C29H24ClF7IN7O2. The van der Waals surface area contributed by atoms with Gasteiger partial charge >= 0.3 is 18.0 Å². The van der Waals surface area contributed by atoms with E-state index in [-0.39, 0.29) is 46.8 Å². The number of amides is 1. The lowest BCUT2D eigenvalue weighted by Crippen LogP contribution is -2.50. The summed E-state index contributed by atoms with van der Waals surface area (Å²) >= 11 is 8.40. The number of aryl methyl sites for hydroxylation is 1. The Labute approximate surface area is 281 Å². The van der Waals surface area contributed by atoms with E-state index in [4.69, 9.17) is 11.6 Å². The number of carbonyl (C=O) groups is 2. The first-order chi connectivity index (χ1) is 21.9. The molecule has 3 heterocycles. The Morgan fingerprint density at radius 1 is 1.13 bits per heavy atom. The van der Waals surface area contributed by atoms with E-state index in [9.17, 15) is 40.3 Å². The standard InChI is InChI=1S/C29H24ClF7IN7O2/c1-14-8-17(38)9-20(26(47)40-15(2)16-5-6-16)19(14)11-23(46)22-10-18(42-45(22)25-21(30)4-3-7-39-25)12-44-13-24(41-43-44)27(31,32)28(33,34)29(35,36)37/h3-4,7-10,13,15-16H,5-6,11-12H2,1-2H3,(H,40,47). The Morgan fingerprint density at radius 3 is 2.47 bits per heavy atom. The number of aromatic nitrogens is 6. The van der Waals surface area contributed by atoms with E-state index in [2.05, 4.69) is 48.3 Å². The summed E-state index contributed by atoms with van der Waals surface area (Å²) in [5.74, 6) is -12.6. The molecule has 0 saturated heterocycles. The maximum absolute atomic E-state index is 14.2. The van der Waals surface area contributed by atoms with Gasteiger partial charge in [0.2, 0.25) is 0 Å². The molecule has 1 aliphatic carbocycles. The van der Waals surface area contributed by atoms with Crippen LogP contribution in [0.1, 0.15) is 63.1 Å². The van der Waals surface area contributed by atoms with Gasteiger partial charge in [-0.15, -0.1) is 5.10 Å². The van der Waals surface area contributed by atoms with Gasteiger partial charge < -0.3 is 5.32 Å². The maximum Gasteiger partial charge on any atom is 0.460 e. The molecular weight excluding hydrogens is 774 g/mol. The van der Waals surface area contributed by atoms with Gasteiger partial charge in [0.15, 0.2) is 17.3 Å². The third kappa shape index (κ3) is 7.00. The lowest BCUT2D eigenvalue weighted by atomic mass is 9.95. The molecule has 18 heteroatoms. The fourth-order valence-corrected chi connectivity index (χ4v) is 5.87. The maximum atomic E-state index is 14.2. The fraction of sp³-hybridized carbons (Fsp3) is 0.379. The normalized spacial score (nSPS) is 14.7. The number of benzene rings is 1. The molecule has 1 atom stereocenters. The van der Waals surface area contributed by atoms with Crippen LogP contribution in [0, 0.1) is 16.4 Å². The molecule has 250 valence electrons. The van der Waals surface area contributed by atoms with Crippen molar-refractivity contribution in [3.05, 3.63) is 85.1 Å². The van der Waals surface area contributed by atoms with Gasteiger partial charge in [-0.3, -0.25) is 9.59 Å². The van der Waals surface area contributed by atoms with Crippen molar-refractivity contribution in [2.75, 3.05) is 0 Å². The van der Waals surface area contributed by atoms with E-state index < -0.39 is 36.0 Å². The second kappa shape index (κ2) is 12.8. The molecule has 9 nitrogen and oxygen atoms in total. The zero-order valence-electron chi connectivity index (χ0n) is 24.4. The lowest BCUT2D eigenvalue weighted by molar-refractivity contribution is -0.360. The number of carbonyl (C=O) groups excluding carboxylic acids is 2. The molecule has 1 N–H and O–H groups in total. The number of hydrogen-bond acceptors (Lipinski definition) is 6. The van der Waals surface area contributed by atoms with Crippen LogP contribution >= 0.6 is 34.2 Å². The largest absolute Gasteiger partial charge is 0.460 e. The van der Waals surface area contributed by atoms with Crippen LogP contribution in [0.3, 0.4) is 0 Å². The highest BCUT2D eigenvalue weighted by molar-refractivity contribution is 14.1. The summed E-state index contributed by atoms with van der Waals surface area (Å²) in [6, 6.07) is 7.66. The number of halogens is 9. The number of nitrogens with zero attached hydrogens (tertiary/aromatic N) is 6. The topological polar surface area (TPSA) is 108 Å². The zero-order chi connectivity index (χ0) is 34.5. The SMILES string of the molecule is Cc1cc(I)cc(C(=O)NC(C)C2CC2)c1CC(=O)c1cc(Cn2cc(C(F)(F)C(F)(F)C(F)(F)F)nn2)nn1-c1ncccc1Cl. The Morgan fingerprint density at radius 2 is 1.83 bits per heavy atom. The number of ketones is 1. The zero-order valence-corrected chi connectivity index (χ0v) is 27.3. The number of rotatable bonds is 11. The smallest absolute Gasteiger partial charge is 0.349 e. The molecule has 0 aliphatic heterocycles. The Bertz CT molecular complexity index is 1840. The molecule has 3 aromatic heterocycles. The van der Waals surface area contributed by atoms with Crippen LogP contribution in [-0.2, 0) is 18.9 Å². The van der Waals surface area contributed by atoms with Crippen molar-refractivity contribution in [3.63, 3.8) is 0 Å². The monoisotopic (exact) mass is 797 g/mol. The predicted octanol–water partition coefficient (Wildman–Crippen LogP) is 6.72. The summed E-state index contributed by atoms with van der Waals surface area (Å²) in [5.41, 5.74) is -0.628. The molecule has 0 bridgehead atoms. The highest BCUT2D eigenvalue weighted by Gasteiger charge is 2.74. The molecule has 47 heavy (non-hydrogen) atoms. The van der Waals surface area contributed by atoms with Crippen LogP contribution in [0.2, 0.25) is 5.02 Å². The van der Waals surface area contributed by atoms with Gasteiger partial charge in [-0.05, 0) is 96.7 Å². The first kappa shape index (κ1) is 34.7. The lowest BCUT2D eigenvalue weighted by Gasteiger charge is -2.26. The van der Waals surface area contributed by atoms with E-state index in [0.717, 1.165) is 21.1 Å². The third-order valence-electron chi connectivity index (χ3n) is 7.63. The summed E-state index contributed by atoms with van der Waals surface area (Å²) in [7, 11) is 0. The number of alkyl halides is 7. The third-order valence-corrected chi connectivity index (χ3v) is 8.55. The van der Waals surface area contributed by atoms with E-state index >= 15 is 0 Å². The van der Waals surface area contributed by atoms with Crippen molar-refractivity contribution >= 4 is 45.9 Å². The molecule has 1 unspecified atom stereocenters. The molecule has 0 radical (unpaired) electrons. The first-order valence-corrected chi connectivity index (χ1v) is 15.4. The number of nitrogens with one attached hydrogen (secondary N) is 1. The van der Waals surface area contributed by atoms with Gasteiger partial charge in [-0.2, -0.15) is 35.8 Å². The first-order valence-electron chi connectivity index (χ1n) is 14.0. The van der Waals surface area contributed by atoms with Crippen molar-refractivity contribution in [1.82, 2.24) is 35.1 Å². The van der Waals surface area contributed by atoms with E-state index in [1.165, 1.54) is 24.4 Å². The van der Waals surface area contributed by atoms with Crippen LogP contribution in [0.25, 0.3) is 5.82 Å². The Balaban J connectivity index is 1.48. The van der Waals surface area contributed by atoms with Gasteiger partial charge in [-0.1, -0.05) is 16.8 Å². The summed E-state index contributed by atoms with van der Waals surface area (Å²) in [6.07, 6.45) is -3.20. The summed E-state index contributed by atoms with van der Waals surface area (Å²) in [5, 5.41) is 13.5. The molecule has 5 rings (SSSR count). The van der Waals surface area contributed by atoms with Crippen LogP contribution in [0.15, 0.2) is 42.7 Å². The van der Waals surface area contributed by atoms with E-state index in [1.807, 2.05) is 13.0 Å². The minimum atomic E-state index is -6.55. The van der Waals surface area contributed by atoms with Gasteiger partial charge in [0, 0.05) is 27.8 Å². The van der Waals surface area contributed by atoms with Crippen LogP contribution < -0.4 is 5.32 Å². The van der Waals surface area contributed by atoms with Gasteiger partial charge in [0.25, 0.3) is 5.91 Å².